The average molecular weight is 276 g/mol. The molecule has 1 heterocycles. The lowest BCUT2D eigenvalue weighted by atomic mass is 9.76. The monoisotopic (exact) mass is 276 g/mol. The van der Waals surface area contributed by atoms with Crippen molar-refractivity contribution in [3.8, 4) is 6.07 Å². The highest BCUT2D eigenvalue weighted by Crippen LogP contribution is 2.35. The van der Waals surface area contributed by atoms with Crippen molar-refractivity contribution < 1.29 is 0 Å². The highest BCUT2D eigenvalue weighted by molar-refractivity contribution is 5.12. The highest BCUT2D eigenvalue weighted by atomic mass is 15.1. The van der Waals surface area contributed by atoms with Gasteiger partial charge in [-0.25, -0.2) is 0 Å². The molecule has 20 heavy (non-hydrogen) atoms. The summed E-state index contributed by atoms with van der Waals surface area (Å²) in [6, 6.07) is 2.57. The molecule has 1 aliphatic rings. The number of piperidine rings is 1. The van der Waals surface area contributed by atoms with Crippen molar-refractivity contribution in [3.05, 3.63) is 23.8 Å². The Labute approximate surface area is 126 Å². The Bertz CT molecular complexity index is 339. The Morgan fingerprint density at radius 1 is 1.30 bits per heavy atom. The number of hydrogen-bond donors (Lipinski definition) is 0. The molecule has 2 nitrogen and oxygen atoms in total. The van der Waals surface area contributed by atoms with E-state index in [0.717, 1.165) is 45.3 Å². The van der Waals surface area contributed by atoms with Gasteiger partial charge in [0.1, 0.15) is 0 Å². The summed E-state index contributed by atoms with van der Waals surface area (Å²) in [4.78, 5) is 2.47. The van der Waals surface area contributed by atoms with Gasteiger partial charge in [-0.15, -0.1) is 0 Å². The van der Waals surface area contributed by atoms with Crippen LogP contribution in [0.1, 0.15) is 60.3 Å². The minimum atomic E-state index is -0.0355. The van der Waals surface area contributed by atoms with E-state index in [1.54, 1.807) is 0 Å². The van der Waals surface area contributed by atoms with Crippen molar-refractivity contribution in [2.24, 2.45) is 5.41 Å². The van der Waals surface area contributed by atoms with Crippen LogP contribution in [0.4, 0.5) is 0 Å². The molecule has 0 saturated carbocycles. The van der Waals surface area contributed by atoms with E-state index in [2.05, 4.69) is 43.0 Å². The maximum absolute atomic E-state index is 9.37. The lowest BCUT2D eigenvalue weighted by Crippen LogP contribution is -2.40. The first kappa shape index (κ1) is 18.9. The molecule has 0 radical (unpaired) electrons. The second kappa shape index (κ2) is 10.7. The number of hydrogen-bond acceptors (Lipinski definition) is 2. The molecule has 1 aliphatic heterocycles. The van der Waals surface area contributed by atoms with E-state index in [1.807, 2.05) is 20.8 Å². The van der Waals surface area contributed by atoms with Gasteiger partial charge in [0.05, 0.1) is 11.5 Å². The van der Waals surface area contributed by atoms with E-state index in [9.17, 15) is 5.26 Å². The first-order valence-electron chi connectivity index (χ1n) is 8.08. The summed E-state index contributed by atoms with van der Waals surface area (Å²) in [7, 11) is 0. The van der Waals surface area contributed by atoms with Crippen molar-refractivity contribution in [1.29, 1.82) is 5.26 Å². The van der Waals surface area contributed by atoms with Crippen LogP contribution in [0.25, 0.3) is 0 Å². The molecular weight excluding hydrogens is 244 g/mol. The number of rotatable bonds is 5. The molecule has 1 fully saturated rings. The van der Waals surface area contributed by atoms with Crippen molar-refractivity contribution in [1.82, 2.24) is 4.90 Å². The summed E-state index contributed by atoms with van der Waals surface area (Å²) in [6.45, 7) is 13.6. The Morgan fingerprint density at radius 3 is 2.35 bits per heavy atom. The molecule has 0 spiro atoms. The van der Waals surface area contributed by atoms with Crippen LogP contribution in [0, 0.1) is 16.7 Å². The quantitative estimate of drug-likeness (QED) is 0.665. The molecule has 114 valence electrons. The Balaban J connectivity index is 0.00000172. The van der Waals surface area contributed by atoms with E-state index in [1.165, 1.54) is 5.57 Å². The fraction of sp³-hybridized carbons (Fsp3) is 0.722. The topological polar surface area (TPSA) is 27.0 Å². The molecule has 0 bridgehead atoms. The summed E-state index contributed by atoms with van der Waals surface area (Å²) in [5.74, 6) is 0. The van der Waals surface area contributed by atoms with Gasteiger partial charge in [-0.2, -0.15) is 5.26 Å². The lowest BCUT2D eigenvalue weighted by molar-refractivity contribution is 0.146. The van der Waals surface area contributed by atoms with Gasteiger partial charge in [-0.05, 0) is 46.2 Å². The zero-order chi connectivity index (χ0) is 15.4. The largest absolute Gasteiger partial charge is 0.299 e. The average Bonchev–Trinajstić information content (AvgIpc) is 2.49. The van der Waals surface area contributed by atoms with Crippen LogP contribution in [0.2, 0.25) is 0 Å². The first-order chi connectivity index (χ1) is 9.65. The van der Waals surface area contributed by atoms with Gasteiger partial charge in [-0.3, -0.25) is 4.90 Å². The van der Waals surface area contributed by atoms with Crippen LogP contribution in [0.3, 0.4) is 0 Å². The van der Waals surface area contributed by atoms with E-state index in [4.69, 9.17) is 0 Å². The SMILES string of the molecule is C/C=C\C=C(/C)CN1CCC(C#N)(CCC)CC1.CC. The molecule has 0 aromatic heterocycles. The third kappa shape index (κ3) is 6.39. The number of likely N-dealkylation sites (tertiary alicyclic amines) is 1. The molecule has 0 aliphatic carbocycles. The maximum Gasteiger partial charge on any atom is 0.0690 e. The number of nitrogens with zero attached hydrogens (tertiary/aromatic N) is 2. The van der Waals surface area contributed by atoms with Crippen LogP contribution in [-0.2, 0) is 0 Å². The normalized spacial score (nSPS) is 19.3. The summed E-state index contributed by atoms with van der Waals surface area (Å²) in [6.07, 6.45) is 10.6. The Kier molecular flexibility index (Phi) is 10.1. The van der Waals surface area contributed by atoms with E-state index < -0.39 is 0 Å². The summed E-state index contributed by atoms with van der Waals surface area (Å²) >= 11 is 0. The molecule has 0 amide bonds. The fourth-order valence-corrected chi connectivity index (χ4v) is 2.70. The molecule has 0 aromatic carbocycles. The first-order valence-corrected chi connectivity index (χ1v) is 8.08. The predicted molar refractivity (Wildman–Crippen MR) is 88.5 cm³/mol. The predicted octanol–water partition coefficient (Wildman–Crippen LogP) is 4.94. The molecule has 1 rings (SSSR count). The van der Waals surface area contributed by atoms with Gasteiger partial charge in [0.2, 0.25) is 0 Å². The van der Waals surface area contributed by atoms with E-state index >= 15 is 0 Å². The Hall–Kier alpha value is -1.07. The molecular formula is C18H32N2. The van der Waals surface area contributed by atoms with Crippen molar-refractivity contribution in [2.75, 3.05) is 19.6 Å². The number of nitriles is 1. The second-order valence-electron chi connectivity index (χ2n) is 5.46. The fourth-order valence-electron chi connectivity index (χ4n) is 2.70. The summed E-state index contributed by atoms with van der Waals surface area (Å²) in [5.41, 5.74) is 1.36. The molecule has 2 heteroatoms. The molecule has 0 N–H and O–H groups in total. The van der Waals surface area contributed by atoms with Gasteiger partial charge >= 0.3 is 0 Å². The van der Waals surface area contributed by atoms with Gasteiger partial charge in [0.25, 0.3) is 0 Å². The third-order valence-electron chi connectivity index (χ3n) is 3.83. The molecule has 0 atom stereocenters. The summed E-state index contributed by atoms with van der Waals surface area (Å²) in [5, 5.41) is 9.37. The summed E-state index contributed by atoms with van der Waals surface area (Å²) < 4.78 is 0. The van der Waals surface area contributed by atoms with E-state index in [-0.39, 0.29) is 5.41 Å². The molecule has 0 aromatic rings. The van der Waals surface area contributed by atoms with Crippen molar-refractivity contribution in [3.63, 3.8) is 0 Å². The van der Waals surface area contributed by atoms with Crippen LogP contribution in [-0.4, -0.2) is 24.5 Å². The van der Waals surface area contributed by atoms with Gasteiger partial charge in [0.15, 0.2) is 0 Å². The van der Waals surface area contributed by atoms with E-state index in [0.29, 0.717) is 0 Å². The zero-order valence-corrected chi connectivity index (χ0v) is 14.1. The van der Waals surface area contributed by atoms with Gasteiger partial charge < -0.3 is 0 Å². The van der Waals surface area contributed by atoms with Crippen LogP contribution in [0.15, 0.2) is 23.8 Å². The van der Waals surface area contributed by atoms with Crippen LogP contribution < -0.4 is 0 Å². The molecule has 1 saturated heterocycles. The minimum Gasteiger partial charge on any atom is -0.299 e. The third-order valence-corrected chi connectivity index (χ3v) is 3.83. The highest BCUT2D eigenvalue weighted by Gasteiger charge is 2.33. The zero-order valence-electron chi connectivity index (χ0n) is 14.1. The smallest absolute Gasteiger partial charge is 0.0690 e. The van der Waals surface area contributed by atoms with Crippen LogP contribution >= 0.6 is 0 Å². The lowest BCUT2D eigenvalue weighted by Gasteiger charge is -2.37. The van der Waals surface area contributed by atoms with Crippen LogP contribution in [0.5, 0.6) is 0 Å². The maximum atomic E-state index is 9.37. The second-order valence-corrected chi connectivity index (χ2v) is 5.46. The van der Waals surface area contributed by atoms with Gasteiger partial charge in [0, 0.05) is 6.54 Å². The molecule has 0 unspecified atom stereocenters. The minimum absolute atomic E-state index is 0.0355. The number of allylic oxidation sites excluding steroid dienone is 3. The van der Waals surface area contributed by atoms with Crippen molar-refractivity contribution in [2.45, 2.75) is 60.3 Å². The standard InChI is InChI=1S/C16H26N2.C2H6/c1-4-6-7-15(3)13-18-11-9-16(14-17,8-5-2)10-12-18;1-2/h4,6-7H,5,8-13H2,1-3H3;1-2H3/b6-4-,15-7+;. The van der Waals surface area contributed by atoms with Gasteiger partial charge in [-0.1, -0.05) is 51.0 Å². The van der Waals surface area contributed by atoms with Crippen molar-refractivity contribution >= 4 is 0 Å². The Morgan fingerprint density at radius 2 is 1.90 bits per heavy atom.